The molecule has 0 aliphatic heterocycles. The minimum Gasteiger partial charge on any atom is -0.507 e. The topological polar surface area (TPSA) is 66.2 Å². The summed E-state index contributed by atoms with van der Waals surface area (Å²) >= 11 is 0. The van der Waals surface area contributed by atoms with E-state index >= 15 is 0 Å². The Hall–Kier alpha value is -3.66. The van der Waals surface area contributed by atoms with Crippen molar-refractivity contribution >= 4 is 0 Å². The molecule has 0 bridgehead atoms. The van der Waals surface area contributed by atoms with Gasteiger partial charge in [0, 0.05) is 23.5 Å². The van der Waals surface area contributed by atoms with E-state index in [1.807, 2.05) is 60.7 Å². The van der Waals surface area contributed by atoms with E-state index in [9.17, 15) is 10.2 Å². The van der Waals surface area contributed by atoms with Gasteiger partial charge >= 0.3 is 0 Å². The molecule has 4 nitrogen and oxygen atoms in total. The van der Waals surface area contributed by atoms with E-state index in [-0.39, 0.29) is 11.5 Å². The van der Waals surface area contributed by atoms with Gasteiger partial charge < -0.3 is 10.2 Å². The first kappa shape index (κ1) is 15.8. The zero-order valence-electron chi connectivity index (χ0n) is 13.9. The maximum Gasteiger partial charge on any atom is 0.125 e. The van der Waals surface area contributed by atoms with Crippen molar-refractivity contribution in [1.29, 1.82) is 0 Å². The van der Waals surface area contributed by atoms with Crippen LogP contribution in [0.3, 0.4) is 0 Å². The number of hydrogen-bond acceptors (Lipinski definition) is 4. The summed E-state index contributed by atoms with van der Waals surface area (Å²) in [6.45, 7) is 0. The predicted octanol–water partition coefficient (Wildman–Crippen LogP) is 4.89. The van der Waals surface area contributed by atoms with Crippen LogP contribution in [-0.2, 0) is 0 Å². The summed E-state index contributed by atoms with van der Waals surface area (Å²) in [4.78, 5) is 8.63. The Morgan fingerprint density at radius 1 is 0.538 bits per heavy atom. The van der Waals surface area contributed by atoms with E-state index in [4.69, 9.17) is 0 Å². The third-order valence-electron chi connectivity index (χ3n) is 4.21. The highest BCUT2D eigenvalue weighted by Crippen LogP contribution is 2.36. The molecule has 0 amide bonds. The molecular weight excluding hydrogens is 324 g/mol. The average Bonchev–Trinajstić information content (AvgIpc) is 2.70. The number of phenols is 2. The summed E-state index contributed by atoms with van der Waals surface area (Å²) in [5.74, 6) is 0.354. The van der Waals surface area contributed by atoms with Crippen molar-refractivity contribution in [3.63, 3.8) is 0 Å². The minimum absolute atomic E-state index is 0.177. The first-order valence-corrected chi connectivity index (χ1v) is 8.21. The largest absolute Gasteiger partial charge is 0.507 e. The number of hydrogen-bond donors (Lipinski definition) is 2. The highest BCUT2D eigenvalue weighted by Gasteiger charge is 2.11. The second-order valence-corrected chi connectivity index (χ2v) is 5.89. The van der Waals surface area contributed by atoms with E-state index in [0.717, 1.165) is 11.1 Å². The maximum absolute atomic E-state index is 10.2. The Morgan fingerprint density at radius 2 is 1.00 bits per heavy atom. The molecule has 2 aromatic heterocycles. The normalized spacial score (nSPS) is 10.6. The summed E-state index contributed by atoms with van der Waals surface area (Å²) in [6.07, 6.45) is 3.39. The van der Waals surface area contributed by atoms with Crippen molar-refractivity contribution in [2.45, 2.75) is 0 Å². The molecule has 0 saturated carbocycles. The van der Waals surface area contributed by atoms with Crippen LogP contribution in [0.5, 0.6) is 11.5 Å². The van der Waals surface area contributed by atoms with Gasteiger partial charge in [-0.1, -0.05) is 24.3 Å². The minimum atomic E-state index is 0.177. The van der Waals surface area contributed by atoms with Crippen LogP contribution in [0.25, 0.3) is 33.6 Å². The van der Waals surface area contributed by atoms with Crippen LogP contribution in [0.1, 0.15) is 0 Å². The molecule has 0 aliphatic rings. The van der Waals surface area contributed by atoms with E-state index < -0.39 is 0 Å². The van der Waals surface area contributed by atoms with Crippen LogP contribution in [0, 0.1) is 0 Å². The maximum atomic E-state index is 10.2. The number of aromatic nitrogens is 2. The van der Waals surface area contributed by atoms with E-state index in [2.05, 4.69) is 9.97 Å². The zero-order valence-corrected chi connectivity index (χ0v) is 13.9. The molecule has 26 heavy (non-hydrogen) atoms. The Balaban J connectivity index is 1.82. The van der Waals surface area contributed by atoms with E-state index in [0.29, 0.717) is 22.5 Å². The second-order valence-electron chi connectivity index (χ2n) is 5.89. The van der Waals surface area contributed by atoms with Gasteiger partial charge in [0.15, 0.2) is 0 Å². The molecule has 0 unspecified atom stereocenters. The van der Waals surface area contributed by atoms with Crippen molar-refractivity contribution < 1.29 is 10.2 Å². The summed E-state index contributed by atoms with van der Waals surface area (Å²) < 4.78 is 0. The van der Waals surface area contributed by atoms with Gasteiger partial charge in [0.25, 0.3) is 0 Å². The molecule has 4 heteroatoms. The lowest BCUT2D eigenvalue weighted by atomic mass is 9.97. The van der Waals surface area contributed by atoms with Gasteiger partial charge in [0.2, 0.25) is 0 Å². The third kappa shape index (κ3) is 3.00. The highest BCUT2D eigenvalue weighted by molar-refractivity contribution is 5.79. The molecule has 0 spiro atoms. The Morgan fingerprint density at radius 3 is 1.38 bits per heavy atom. The number of nitrogens with zero attached hydrogens (tertiary/aromatic N) is 2. The van der Waals surface area contributed by atoms with Crippen molar-refractivity contribution in [3.05, 3.63) is 85.2 Å². The summed E-state index contributed by atoms with van der Waals surface area (Å²) in [5.41, 5.74) is 4.57. The molecule has 2 heterocycles. The lowest BCUT2D eigenvalue weighted by molar-refractivity contribution is 0.476. The van der Waals surface area contributed by atoms with Gasteiger partial charge in [-0.25, -0.2) is 0 Å². The summed E-state index contributed by atoms with van der Waals surface area (Å²) in [6, 6.07) is 21.9. The van der Waals surface area contributed by atoms with Gasteiger partial charge in [-0.15, -0.1) is 0 Å². The first-order valence-electron chi connectivity index (χ1n) is 8.21. The Kier molecular flexibility index (Phi) is 4.07. The van der Waals surface area contributed by atoms with Gasteiger partial charge in [0.05, 0.1) is 11.4 Å². The predicted molar refractivity (Wildman–Crippen MR) is 102 cm³/mol. The Labute approximate surface area is 151 Å². The number of phenolic OH excluding ortho intramolecular Hbond substituents is 2. The van der Waals surface area contributed by atoms with Crippen molar-refractivity contribution in [1.82, 2.24) is 9.97 Å². The lowest BCUT2D eigenvalue weighted by Crippen LogP contribution is -1.87. The number of rotatable bonds is 3. The molecule has 2 N–H and O–H groups in total. The van der Waals surface area contributed by atoms with Crippen LogP contribution < -0.4 is 0 Å². The molecule has 0 aliphatic carbocycles. The monoisotopic (exact) mass is 340 g/mol. The quantitative estimate of drug-likeness (QED) is 0.557. The van der Waals surface area contributed by atoms with Gasteiger partial charge in [-0.05, 0) is 59.7 Å². The summed E-state index contributed by atoms with van der Waals surface area (Å²) in [7, 11) is 0. The standard InChI is InChI=1S/C22H16N2O2/c25-21-9-7-15(13-17(21)19-5-1-3-11-23-19)16-8-10-22(26)18(14-16)20-6-2-4-12-24-20/h1-14,25-26H. The highest BCUT2D eigenvalue weighted by atomic mass is 16.3. The molecule has 4 rings (SSSR count). The van der Waals surface area contributed by atoms with Gasteiger partial charge in [-0.2, -0.15) is 0 Å². The van der Waals surface area contributed by atoms with E-state index in [1.54, 1.807) is 24.5 Å². The SMILES string of the molecule is Oc1ccc(-c2ccc(O)c(-c3ccccn3)c2)cc1-c1ccccn1. The van der Waals surface area contributed by atoms with Crippen molar-refractivity contribution in [3.8, 4) is 45.1 Å². The molecule has 0 radical (unpaired) electrons. The zero-order chi connectivity index (χ0) is 17.9. The van der Waals surface area contributed by atoms with Crippen molar-refractivity contribution in [2.24, 2.45) is 0 Å². The fraction of sp³-hybridized carbons (Fsp3) is 0. The fourth-order valence-corrected chi connectivity index (χ4v) is 2.89. The summed E-state index contributed by atoms with van der Waals surface area (Å²) in [5, 5.41) is 20.4. The van der Waals surface area contributed by atoms with Gasteiger partial charge in [0.1, 0.15) is 11.5 Å². The van der Waals surface area contributed by atoms with Crippen LogP contribution in [0.15, 0.2) is 85.2 Å². The average molecular weight is 340 g/mol. The molecule has 126 valence electrons. The van der Waals surface area contributed by atoms with Crippen molar-refractivity contribution in [2.75, 3.05) is 0 Å². The van der Waals surface area contributed by atoms with Gasteiger partial charge in [-0.3, -0.25) is 9.97 Å². The number of pyridine rings is 2. The smallest absolute Gasteiger partial charge is 0.125 e. The van der Waals surface area contributed by atoms with Crippen LogP contribution in [0.4, 0.5) is 0 Å². The van der Waals surface area contributed by atoms with Crippen LogP contribution >= 0.6 is 0 Å². The van der Waals surface area contributed by atoms with Crippen LogP contribution in [0.2, 0.25) is 0 Å². The molecule has 2 aromatic carbocycles. The Bertz CT molecular complexity index is 961. The molecule has 0 saturated heterocycles. The molecule has 0 fully saturated rings. The first-order chi connectivity index (χ1) is 12.7. The third-order valence-corrected chi connectivity index (χ3v) is 4.21. The lowest BCUT2D eigenvalue weighted by Gasteiger charge is -2.10. The molecule has 0 atom stereocenters. The number of benzene rings is 2. The van der Waals surface area contributed by atoms with E-state index in [1.165, 1.54) is 0 Å². The molecular formula is C22H16N2O2. The van der Waals surface area contributed by atoms with Crippen LogP contribution in [-0.4, -0.2) is 20.2 Å². The molecule has 4 aromatic rings. The second kappa shape index (κ2) is 6.69. The number of aromatic hydroxyl groups is 2. The fourth-order valence-electron chi connectivity index (χ4n) is 2.89.